The molecule has 6 heteroatoms. The fourth-order valence-electron chi connectivity index (χ4n) is 3.43. The molecule has 3 heterocycles. The van der Waals surface area contributed by atoms with Crippen LogP contribution in [0.15, 0.2) is 36.7 Å². The Morgan fingerprint density at radius 3 is 2.85 bits per heavy atom. The highest BCUT2D eigenvalue weighted by atomic mass is 19.1. The first-order valence-electron chi connectivity index (χ1n) is 9.39. The van der Waals surface area contributed by atoms with Gasteiger partial charge in [-0.3, -0.25) is 0 Å². The lowest BCUT2D eigenvalue weighted by Crippen LogP contribution is -2.23. The number of hydrogen-bond acceptors (Lipinski definition) is 4. The quantitative estimate of drug-likeness (QED) is 0.648. The lowest BCUT2D eigenvalue weighted by atomic mass is 10.0. The highest BCUT2D eigenvalue weighted by Crippen LogP contribution is 2.28. The average molecular weight is 353 g/mol. The Morgan fingerprint density at radius 2 is 1.88 bits per heavy atom. The lowest BCUT2D eigenvalue weighted by Gasteiger charge is -2.08. The van der Waals surface area contributed by atoms with E-state index < -0.39 is 0 Å². The van der Waals surface area contributed by atoms with Gasteiger partial charge in [0.2, 0.25) is 0 Å². The molecule has 0 amide bonds. The number of halogens is 1. The van der Waals surface area contributed by atoms with Crippen molar-refractivity contribution in [2.75, 3.05) is 25.0 Å². The van der Waals surface area contributed by atoms with Gasteiger partial charge in [0.15, 0.2) is 5.65 Å². The molecule has 3 aromatic rings. The summed E-state index contributed by atoms with van der Waals surface area (Å²) in [6.45, 7) is 2.74. The van der Waals surface area contributed by atoms with Crippen LogP contribution in [-0.2, 0) is 6.42 Å². The van der Waals surface area contributed by atoms with Crippen LogP contribution in [0.2, 0.25) is 0 Å². The molecule has 0 radical (unpaired) electrons. The highest BCUT2D eigenvalue weighted by molar-refractivity contribution is 5.78. The van der Waals surface area contributed by atoms with Crippen molar-refractivity contribution >= 4 is 11.5 Å². The van der Waals surface area contributed by atoms with Crippen molar-refractivity contribution in [3.05, 3.63) is 48.0 Å². The second kappa shape index (κ2) is 7.83. The number of rotatable bonds is 0. The van der Waals surface area contributed by atoms with E-state index in [1.165, 1.54) is 19.3 Å². The molecule has 2 aromatic heterocycles. The van der Waals surface area contributed by atoms with Crippen LogP contribution in [0.4, 0.5) is 10.2 Å². The third-order valence-corrected chi connectivity index (χ3v) is 4.87. The van der Waals surface area contributed by atoms with Crippen LogP contribution in [-0.4, -0.2) is 34.2 Å². The molecule has 0 saturated carbocycles. The molecule has 0 unspecified atom stereocenters. The fraction of sp³-hybridized carbons (Fsp3) is 0.400. The van der Waals surface area contributed by atoms with E-state index in [1.807, 2.05) is 24.4 Å². The molecule has 1 aromatic carbocycles. The van der Waals surface area contributed by atoms with Gasteiger partial charge in [0, 0.05) is 30.4 Å². The molecule has 4 bridgehead atoms. The van der Waals surface area contributed by atoms with Gasteiger partial charge in [0.25, 0.3) is 0 Å². The van der Waals surface area contributed by atoms with Crippen LogP contribution in [0.5, 0.6) is 0 Å². The Balaban J connectivity index is 1.73. The number of nitrogens with zero attached hydrogens (tertiary/aromatic N) is 3. The van der Waals surface area contributed by atoms with Crippen LogP contribution in [0.1, 0.15) is 31.2 Å². The maximum atomic E-state index is 14.5. The van der Waals surface area contributed by atoms with Crippen LogP contribution in [0.3, 0.4) is 0 Å². The summed E-state index contributed by atoms with van der Waals surface area (Å²) in [5.41, 5.74) is 3.14. The smallest absolute Gasteiger partial charge is 0.165 e. The molecular formula is C20H24FN5. The number of fused-ring (bicyclic) bond motifs is 4. The summed E-state index contributed by atoms with van der Waals surface area (Å²) >= 11 is 0. The van der Waals surface area contributed by atoms with Gasteiger partial charge in [-0.2, -0.15) is 5.10 Å². The first-order valence-corrected chi connectivity index (χ1v) is 9.39. The van der Waals surface area contributed by atoms with Gasteiger partial charge in [0.05, 0.1) is 6.20 Å². The summed E-state index contributed by atoms with van der Waals surface area (Å²) in [6.07, 6.45) is 9.27. The highest BCUT2D eigenvalue weighted by Gasteiger charge is 2.14. The van der Waals surface area contributed by atoms with E-state index in [-0.39, 0.29) is 5.82 Å². The predicted octanol–water partition coefficient (Wildman–Crippen LogP) is 3.65. The zero-order chi connectivity index (χ0) is 17.8. The van der Waals surface area contributed by atoms with E-state index in [1.54, 1.807) is 16.8 Å². The van der Waals surface area contributed by atoms with Crippen molar-refractivity contribution in [3.63, 3.8) is 0 Å². The number of benzene rings is 1. The number of hydrogen-bond donors (Lipinski definition) is 2. The van der Waals surface area contributed by atoms with Crippen LogP contribution < -0.4 is 10.6 Å². The minimum absolute atomic E-state index is 0.231. The van der Waals surface area contributed by atoms with E-state index in [4.69, 9.17) is 0 Å². The van der Waals surface area contributed by atoms with Crippen molar-refractivity contribution in [1.29, 1.82) is 0 Å². The van der Waals surface area contributed by atoms with Gasteiger partial charge in [-0.25, -0.2) is 13.9 Å². The molecular weight excluding hydrogens is 329 g/mol. The van der Waals surface area contributed by atoms with E-state index in [0.29, 0.717) is 11.2 Å². The molecule has 0 spiro atoms. The molecule has 0 fully saturated rings. The third-order valence-electron chi connectivity index (χ3n) is 4.87. The van der Waals surface area contributed by atoms with Crippen LogP contribution in [0.25, 0.3) is 16.8 Å². The van der Waals surface area contributed by atoms with Gasteiger partial charge in [-0.15, -0.1) is 0 Å². The molecule has 0 atom stereocenters. The second-order valence-corrected chi connectivity index (χ2v) is 6.79. The number of nitrogens with one attached hydrogen (secondary N) is 2. The SMILES string of the molecule is Fc1ccc2cc1-c1cnn3ccc(nc13)NCCNCCCCCC2. The van der Waals surface area contributed by atoms with Gasteiger partial charge in [-0.05, 0) is 49.6 Å². The summed E-state index contributed by atoms with van der Waals surface area (Å²) in [5.74, 6) is 0.549. The summed E-state index contributed by atoms with van der Waals surface area (Å²) in [7, 11) is 0. The van der Waals surface area contributed by atoms with Crippen LogP contribution >= 0.6 is 0 Å². The van der Waals surface area contributed by atoms with Gasteiger partial charge in [0.1, 0.15) is 11.6 Å². The number of anilines is 1. The van der Waals surface area contributed by atoms with Crippen molar-refractivity contribution in [1.82, 2.24) is 19.9 Å². The monoisotopic (exact) mass is 353 g/mol. The largest absolute Gasteiger partial charge is 0.369 e. The standard InChI is InChI=1S/C20H24FN5/c21-18-7-6-15-5-3-1-2-4-9-22-10-11-23-19-8-12-26-20(25-19)17(14-24-26)16(18)13-15/h6-8,12-14,22H,1-5,9-11H2,(H,23,25). The first-order chi connectivity index (χ1) is 12.8. The molecule has 4 rings (SSSR count). The molecule has 26 heavy (non-hydrogen) atoms. The molecule has 136 valence electrons. The van der Waals surface area contributed by atoms with Gasteiger partial charge >= 0.3 is 0 Å². The molecule has 5 nitrogen and oxygen atoms in total. The average Bonchev–Trinajstić information content (AvgIpc) is 3.07. The van der Waals surface area contributed by atoms with Crippen LogP contribution in [0, 0.1) is 5.82 Å². The molecule has 1 aliphatic heterocycles. The summed E-state index contributed by atoms with van der Waals surface area (Å²) < 4.78 is 16.2. The second-order valence-electron chi connectivity index (χ2n) is 6.79. The van der Waals surface area contributed by atoms with Gasteiger partial charge in [-0.1, -0.05) is 18.9 Å². The molecule has 1 aliphatic rings. The Kier molecular flexibility index (Phi) is 5.11. The summed E-state index contributed by atoms with van der Waals surface area (Å²) in [5, 5.41) is 11.1. The summed E-state index contributed by atoms with van der Waals surface area (Å²) in [6, 6.07) is 7.30. The normalized spacial score (nSPS) is 16.3. The fourth-order valence-corrected chi connectivity index (χ4v) is 3.43. The molecule has 0 aliphatic carbocycles. The van der Waals surface area contributed by atoms with E-state index in [9.17, 15) is 4.39 Å². The van der Waals surface area contributed by atoms with Crippen molar-refractivity contribution < 1.29 is 4.39 Å². The zero-order valence-electron chi connectivity index (χ0n) is 14.8. The molecule has 2 N–H and O–H groups in total. The molecule has 0 saturated heterocycles. The van der Waals surface area contributed by atoms with Crippen molar-refractivity contribution in [2.24, 2.45) is 0 Å². The van der Waals surface area contributed by atoms with E-state index >= 15 is 0 Å². The Morgan fingerprint density at radius 1 is 0.962 bits per heavy atom. The maximum Gasteiger partial charge on any atom is 0.165 e. The minimum Gasteiger partial charge on any atom is -0.369 e. The Bertz CT molecular complexity index is 889. The van der Waals surface area contributed by atoms with Gasteiger partial charge < -0.3 is 10.6 Å². The van der Waals surface area contributed by atoms with Crippen molar-refractivity contribution in [3.8, 4) is 11.1 Å². The van der Waals surface area contributed by atoms with E-state index in [2.05, 4.69) is 20.7 Å². The topological polar surface area (TPSA) is 54.2 Å². The minimum atomic E-state index is -0.231. The third kappa shape index (κ3) is 3.70. The predicted molar refractivity (Wildman–Crippen MR) is 102 cm³/mol. The maximum absolute atomic E-state index is 14.5. The number of aromatic nitrogens is 3. The first kappa shape index (κ1) is 17.0. The summed E-state index contributed by atoms with van der Waals surface area (Å²) in [4.78, 5) is 4.65. The zero-order valence-corrected chi connectivity index (χ0v) is 14.8. The van der Waals surface area contributed by atoms with Crippen molar-refractivity contribution in [2.45, 2.75) is 32.1 Å². The number of aryl methyl sites for hydroxylation is 1. The lowest BCUT2D eigenvalue weighted by molar-refractivity contribution is 0.593. The Labute approximate surface area is 152 Å². The van der Waals surface area contributed by atoms with E-state index in [0.717, 1.165) is 49.4 Å². The Hall–Kier alpha value is -2.47.